The zero-order valence-electron chi connectivity index (χ0n) is 39.5. The highest BCUT2D eigenvalue weighted by molar-refractivity contribution is 5.39. The van der Waals surface area contributed by atoms with Crippen LogP contribution in [0.15, 0.2) is 86.0 Å². The fraction of sp³-hybridized carbons (Fsp3) is 0.519. The number of hydrogen-bond donors (Lipinski definition) is 0. The molecule has 62 heavy (non-hydrogen) atoms. The van der Waals surface area contributed by atoms with Gasteiger partial charge in [0.2, 0.25) is 0 Å². The van der Waals surface area contributed by atoms with E-state index >= 15 is 0 Å². The maximum Gasteiger partial charge on any atom is 0.171 e. The van der Waals surface area contributed by atoms with Crippen LogP contribution in [-0.4, -0.2) is 0 Å². The summed E-state index contributed by atoms with van der Waals surface area (Å²) in [5, 5.41) is 0. The predicted molar refractivity (Wildman–Crippen MR) is 241 cm³/mol. The number of rotatable bonds is 24. The van der Waals surface area contributed by atoms with Crippen LogP contribution in [0.5, 0.6) is 0 Å². The van der Waals surface area contributed by atoms with Crippen molar-refractivity contribution in [2.45, 2.75) is 184 Å². The summed E-state index contributed by atoms with van der Waals surface area (Å²) in [6.45, 7) is 22.2. The smallest absolute Gasteiger partial charge is 0.171 e. The molecule has 0 radical (unpaired) electrons. The molecule has 4 nitrogen and oxygen atoms in total. The van der Waals surface area contributed by atoms with Gasteiger partial charge in [0.05, 0.1) is 0 Å². The standard InChI is InChI=1S/C54H78N4.4BrH/c1-43-25-33-55(39-47(43)5)29-17-9-13-21-51-37-53(23-15-11-19-31-57-35-27-45(3)49(7)41-57)54(24-16-12-20-32-58-36-28-46(4)50(8)42-58)38-52(51)22-14-10-18-30-56-34-26-44(2)48(6)40-56;;;;/h25-28,33-42H,9-24,29-32H2,1-8H3;4*1H/q+4;;;;/p-4. The van der Waals surface area contributed by atoms with Gasteiger partial charge < -0.3 is 67.9 Å². The Bertz CT molecular complexity index is 1780. The lowest BCUT2D eigenvalue weighted by Gasteiger charge is -2.17. The summed E-state index contributed by atoms with van der Waals surface area (Å²) < 4.78 is 9.54. The Hall–Kier alpha value is -2.26. The third kappa shape index (κ3) is 19.5. The maximum atomic E-state index is 2.69. The van der Waals surface area contributed by atoms with Crippen molar-refractivity contribution in [2.24, 2.45) is 0 Å². The van der Waals surface area contributed by atoms with Gasteiger partial charge in [0.1, 0.15) is 26.2 Å². The summed E-state index contributed by atoms with van der Waals surface area (Å²) in [6, 6.07) is 14.4. The minimum Gasteiger partial charge on any atom is -1.00 e. The Morgan fingerprint density at radius 3 is 0.677 bits per heavy atom. The molecule has 0 N–H and O–H groups in total. The van der Waals surface area contributed by atoms with Crippen molar-refractivity contribution in [3.8, 4) is 0 Å². The van der Waals surface area contributed by atoms with Gasteiger partial charge >= 0.3 is 0 Å². The predicted octanol–water partition coefficient (Wildman–Crippen LogP) is -1.03. The molecule has 1 aromatic carbocycles. The fourth-order valence-corrected chi connectivity index (χ4v) is 8.36. The summed E-state index contributed by atoms with van der Waals surface area (Å²) in [4.78, 5) is 0. The molecule has 8 heteroatoms. The Morgan fingerprint density at radius 1 is 0.274 bits per heavy atom. The minimum absolute atomic E-state index is 0. The number of nitrogens with zero attached hydrogens (tertiary/aromatic N) is 4. The monoisotopic (exact) mass is 1100 g/mol. The van der Waals surface area contributed by atoms with Gasteiger partial charge in [0, 0.05) is 72.2 Å². The lowest BCUT2D eigenvalue weighted by molar-refractivity contribution is -0.697. The van der Waals surface area contributed by atoms with Gasteiger partial charge in [-0.1, -0.05) is 12.1 Å². The van der Waals surface area contributed by atoms with Crippen LogP contribution in [0.3, 0.4) is 0 Å². The molecule has 0 atom stereocenters. The third-order valence-corrected chi connectivity index (χ3v) is 13.0. The normalized spacial score (nSPS) is 10.7. The molecule has 342 valence electrons. The molecule has 4 heterocycles. The summed E-state index contributed by atoms with van der Waals surface area (Å²) in [5.41, 5.74) is 17.6. The molecule has 0 saturated carbocycles. The lowest BCUT2D eigenvalue weighted by Crippen LogP contribution is -3.00. The SMILES string of the molecule is Cc1cc[n+](CCCCCc2cc(CCCCC[n+]3ccc(C)c(C)c3)c(CCCCC[n+]3ccc(C)c(C)c3)cc2CCCCC[n+]2ccc(C)c(C)c2)cc1C.[Br-].[Br-].[Br-].[Br-]. The highest BCUT2D eigenvalue weighted by Gasteiger charge is 2.13. The van der Waals surface area contributed by atoms with Gasteiger partial charge in [0.25, 0.3) is 0 Å². The number of unbranched alkanes of at least 4 members (excludes halogenated alkanes) is 8. The molecular formula is C54H78Br4N4. The van der Waals surface area contributed by atoms with E-state index in [1.54, 1.807) is 22.3 Å². The van der Waals surface area contributed by atoms with Crippen LogP contribution in [0.4, 0.5) is 0 Å². The van der Waals surface area contributed by atoms with Gasteiger partial charge in [-0.3, -0.25) is 0 Å². The molecule has 0 bridgehead atoms. The van der Waals surface area contributed by atoms with Crippen LogP contribution in [0.25, 0.3) is 0 Å². The first-order chi connectivity index (χ1) is 28.0. The number of hydrogen-bond acceptors (Lipinski definition) is 0. The van der Waals surface area contributed by atoms with Gasteiger partial charge in [-0.2, -0.15) is 0 Å². The zero-order valence-corrected chi connectivity index (χ0v) is 45.9. The summed E-state index contributed by atoms with van der Waals surface area (Å²) in [7, 11) is 0. The van der Waals surface area contributed by atoms with Crippen molar-refractivity contribution in [2.75, 3.05) is 0 Å². The van der Waals surface area contributed by atoms with E-state index in [1.807, 2.05) is 0 Å². The Balaban J connectivity index is 0.00000480. The van der Waals surface area contributed by atoms with Gasteiger partial charge in [-0.05, 0) is 177 Å². The highest BCUT2D eigenvalue weighted by Crippen LogP contribution is 2.25. The zero-order chi connectivity index (χ0) is 41.3. The van der Waals surface area contributed by atoms with E-state index in [0.717, 1.165) is 26.2 Å². The summed E-state index contributed by atoms with van der Waals surface area (Å²) in [6.07, 6.45) is 38.2. The largest absolute Gasteiger partial charge is 1.00 e. The molecule has 4 aromatic heterocycles. The summed E-state index contributed by atoms with van der Waals surface area (Å²) in [5.74, 6) is 0. The molecule has 0 aliphatic heterocycles. The minimum atomic E-state index is 0. The molecule has 0 fully saturated rings. The number of benzene rings is 1. The average molecular weight is 1100 g/mol. The van der Waals surface area contributed by atoms with Gasteiger partial charge in [0.15, 0.2) is 49.6 Å². The molecule has 0 aliphatic carbocycles. The van der Waals surface area contributed by atoms with Crippen LogP contribution in [-0.2, 0) is 51.9 Å². The molecule has 0 amide bonds. The molecule has 0 unspecified atom stereocenters. The van der Waals surface area contributed by atoms with Crippen molar-refractivity contribution in [1.82, 2.24) is 0 Å². The topological polar surface area (TPSA) is 15.5 Å². The Labute approximate surface area is 420 Å². The van der Waals surface area contributed by atoms with Crippen LogP contribution in [0, 0.1) is 55.4 Å². The van der Waals surface area contributed by atoms with E-state index in [4.69, 9.17) is 0 Å². The highest BCUT2D eigenvalue weighted by atomic mass is 79.9. The number of aromatic nitrogens is 4. The Morgan fingerprint density at radius 2 is 0.484 bits per heavy atom. The van der Waals surface area contributed by atoms with Gasteiger partial charge in [-0.15, -0.1) is 0 Å². The van der Waals surface area contributed by atoms with E-state index < -0.39 is 0 Å². The van der Waals surface area contributed by atoms with Crippen molar-refractivity contribution in [1.29, 1.82) is 0 Å². The first kappa shape index (κ1) is 57.8. The first-order valence-electron chi connectivity index (χ1n) is 23.0. The van der Waals surface area contributed by atoms with Crippen molar-refractivity contribution >= 4 is 0 Å². The maximum absolute atomic E-state index is 2.69. The molecule has 0 saturated heterocycles. The van der Waals surface area contributed by atoms with Crippen LogP contribution in [0.1, 0.15) is 144 Å². The quantitative estimate of drug-likeness (QED) is 0.0557. The van der Waals surface area contributed by atoms with Gasteiger partial charge in [-0.25, -0.2) is 18.3 Å². The molecular weight excluding hydrogens is 1020 g/mol. The number of halogens is 4. The van der Waals surface area contributed by atoms with Crippen molar-refractivity contribution in [3.05, 3.63) is 153 Å². The third-order valence-electron chi connectivity index (χ3n) is 13.0. The van der Waals surface area contributed by atoms with E-state index in [2.05, 4.69) is 160 Å². The van der Waals surface area contributed by atoms with Crippen LogP contribution >= 0.6 is 0 Å². The second-order valence-electron chi connectivity index (χ2n) is 17.8. The van der Waals surface area contributed by atoms with E-state index in [0.29, 0.717) is 0 Å². The number of pyridine rings is 4. The van der Waals surface area contributed by atoms with E-state index in [-0.39, 0.29) is 67.9 Å². The first-order valence-corrected chi connectivity index (χ1v) is 23.0. The van der Waals surface area contributed by atoms with E-state index in [9.17, 15) is 0 Å². The van der Waals surface area contributed by atoms with E-state index in [1.165, 1.54) is 147 Å². The summed E-state index contributed by atoms with van der Waals surface area (Å²) >= 11 is 0. The van der Waals surface area contributed by atoms with Crippen molar-refractivity contribution < 1.29 is 86.2 Å². The lowest BCUT2D eigenvalue weighted by atomic mass is 9.88. The number of aryl methyl sites for hydroxylation is 16. The molecule has 5 aromatic rings. The average Bonchev–Trinajstić information content (AvgIpc) is 3.20. The van der Waals surface area contributed by atoms with Crippen LogP contribution < -0.4 is 86.2 Å². The molecule has 0 aliphatic rings. The second-order valence-corrected chi connectivity index (χ2v) is 17.8. The molecule has 5 rings (SSSR count). The second kappa shape index (κ2) is 30.8. The van der Waals surface area contributed by atoms with Crippen molar-refractivity contribution in [3.63, 3.8) is 0 Å². The van der Waals surface area contributed by atoms with Crippen LogP contribution in [0.2, 0.25) is 0 Å². The Kier molecular flexibility index (Phi) is 28.7. The fourth-order valence-electron chi connectivity index (χ4n) is 8.36. The molecule has 0 spiro atoms.